The smallest absolute Gasteiger partial charge is 0.206 e. The zero-order valence-corrected chi connectivity index (χ0v) is 16.9. The number of carbonyl (C=O) groups excluding carboxylic acids is 1. The first-order valence-corrected chi connectivity index (χ1v) is 10.1. The van der Waals surface area contributed by atoms with Gasteiger partial charge >= 0.3 is 0 Å². The van der Waals surface area contributed by atoms with Crippen molar-refractivity contribution in [1.82, 2.24) is 4.90 Å². The first kappa shape index (κ1) is 19.9. The van der Waals surface area contributed by atoms with Gasteiger partial charge in [0, 0.05) is 22.2 Å². The number of hydrogen-bond acceptors (Lipinski definition) is 4. The van der Waals surface area contributed by atoms with Crippen LogP contribution in [0.2, 0.25) is 0 Å². The number of ketones is 1. The summed E-state index contributed by atoms with van der Waals surface area (Å²) in [6, 6.07) is 17.6. The van der Waals surface area contributed by atoms with Gasteiger partial charge in [0.25, 0.3) is 0 Å². The van der Waals surface area contributed by atoms with Crippen LogP contribution in [0.1, 0.15) is 34.5 Å². The Morgan fingerprint density at radius 1 is 0.963 bits per heavy atom. The van der Waals surface area contributed by atoms with Gasteiger partial charge in [-0.3, -0.25) is 9.69 Å². The van der Waals surface area contributed by atoms with Crippen LogP contribution in [0.25, 0.3) is 10.1 Å². The summed E-state index contributed by atoms with van der Waals surface area (Å²) >= 11 is 1.52. The minimum atomic E-state index is 0. The van der Waals surface area contributed by atoms with Crippen molar-refractivity contribution in [3.63, 3.8) is 0 Å². The highest BCUT2D eigenvalue weighted by atomic mass is 35.5. The summed E-state index contributed by atoms with van der Waals surface area (Å²) in [6.07, 6.45) is 3.89. The van der Waals surface area contributed by atoms with Crippen molar-refractivity contribution < 1.29 is 9.53 Å². The van der Waals surface area contributed by atoms with E-state index in [2.05, 4.69) is 11.0 Å². The van der Waals surface area contributed by atoms with E-state index in [-0.39, 0.29) is 18.2 Å². The molecule has 1 aliphatic heterocycles. The average molecular weight is 402 g/mol. The van der Waals surface area contributed by atoms with E-state index in [1.165, 1.54) is 30.6 Å². The maximum atomic E-state index is 13.0. The second kappa shape index (κ2) is 9.36. The van der Waals surface area contributed by atoms with Crippen molar-refractivity contribution >= 4 is 39.6 Å². The Hall–Kier alpha value is -1.88. The lowest BCUT2D eigenvalue weighted by molar-refractivity contribution is 0.103. The maximum Gasteiger partial charge on any atom is 0.206 e. The molecule has 3 nitrogen and oxygen atoms in total. The summed E-state index contributed by atoms with van der Waals surface area (Å²) in [5.41, 5.74) is 0.708. The van der Waals surface area contributed by atoms with Crippen molar-refractivity contribution in [2.24, 2.45) is 0 Å². The highest BCUT2D eigenvalue weighted by Crippen LogP contribution is 2.39. The summed E-state index contributed by atoms with van der Waals surface area (Å²) in [7, 11) is 0. The third-order valence-corrected chi connectivity index (χ3v) is 6.05. The van der Waals surface area contributed by atoms with Crippen LogP contribution >= 0.6 is 23.7 Å². The van der Waals surface area contributed by atoms with Gasteiger partial charge in [0.2, 0.25) is 5.78 Å². The number of carbonyl (C=O) groups is 1. The molecule has 0 spiro atoms. The lowest BCUT2D eigenvalue weighted by atomic mass is 10.1. The van der Waals surface area contributed by atoms with Gasteiger partial charge in [0.1, 0.15) is 17.2 Å². The minimum Gasteiger partial charge on any atom is -0.490 e. The third kappa shape index (κ3) is 4.52. The molecule has 142 valence electrons. The van der Waals surface area contributed by atoms with E-state index in [0.29, 0.717) is 17.0 Å². The molecule has 0 saturated carbocycles. The van der Waals surface area contributed by atoms with E-state index in [9.17, 15) is 4.79 Å². The van der Waals surface area contributed by atoms with Crippen LogP contribution in [0.4, 0.5) is 0 Å². The average Bonchev–Trinajstić information content (AvgIpc) is 3.08. The molecule has 5 heteroatoms. The molecule has 2 aromatic carbocycles. The van der Waals surface area contributed by atoms with E-state index >= 15 is 0 Å². The van der Waals surface area contributed by atoms with E-state index in [4.69, 9.17) is 4.74 Å². The summed E-state index contributed by atoms with van der Waals surface area (Å²) < 4.78 is 7.28. The normalized spacial score (nSPS) is 14.7. The third-order valence-electron chi connectivity index (χ3n) is 4.89. The number of likely N-dealkylation sites (tertiary alicyclic amines) is 1. The Bertz CT molecular complexity index is 888. The summed E-state index contributed by atoms with van der Waals surface area (Å²) in [5, 5.41) is 1.04. The van der Waals surface area contributed by atoms with Crippen molar-refractivity contribution in [3.8, 4) is 5.75 Å². The SMILES string of the molecule is Cl.O=C(c1ccccc1)c1sc2ccccc2c1OCCN1CCCCC1. The molecule has 0 unspecified atom stereocenters. The lowest BCUT2D eigenvalue weighted by Gasteiger charge is -2.26. The number of thiophene rings is 1. The zero-order chi connectivity index (χ0) is 17.8. The van der Waals surface area contributed by atoms with Crippen LogP contribution in [0.5, 0.6) is 5.75 Å². The molecule has 4 rings (SSSR count). The Balaban J connectivity index is 0.00000210. The molecule has 0 amide bonds. The van der Waals surface area contributed by atoms with Gasteiger partial charge in [-0.1, -0.05) is 48.9 Å². The van der Waals surface area contributed by atoms with Crippen molar-refractivity contribution in [2.45, 2.75) is 19.3 Å². The van der Waals surface area contributed by atoms with Crippen LogP contribution in [-0.4, -0.2) is 36.9 Å². The molecule has 1 fully saturated rings. The Morgan fingerprint density at radius 3 is 2.44 bits per heavy atom. The first-order chi connectivity index (χ1) is 12.8. The highest BCUT2D eigenvalue weighted by Gasteiger charge is 2.21. The fourth-order valence-electron chi connectivity index (χ4n) is 3.50. The van der Waals surface area contributed by atoms with Crippen LogP contribution in [0.15, 0.2) is 54.6 Å². The zero-order valence-electron chi connectivity index (χ0n) is 15.2. The molecule has 3 aromatic rings. The minimum absolute atomic E-state index is 0. The standard InChI is InChI=1S/C22H23NO2S.ClH/c24-20(17-9-3-1-4-10-17)22-21(18-11-5-6-12-19(18)26-22)25-16-15-23-13-7-2-8-14-23;/h1,3-6,9-12H,2,7-8,13-16H2;1H. The molecule has 0 bridgehead atoms. The number of piperidine rings is 1. The largest absolute Gasteiger partial charge is 0.490 e. The summed E-state index contributed by atoms with van der Waals surface area (Å²) in [6.45, 7) is 3.85. The van der Waals surface area contributed by atoms with Crippen LogP contribution in [0.3, 0.4) is 0 Å². The van der Waals surface area contributed by atoms with Crippen molar-refractivity contribution in [2.75, 3.05) is 26.2 Å². The summed E-state index contributed by atoms with van der Waals surface area (Å²) in [5.74, 6) is 0.788. The van der Waals surface area contributed by atoms with Crippen LogP contribution in [0, 0.1) is 0 Å². The number of hydrogen-bond donors (Lipinski definition) is 0. The van der Waals surface area contributed by atoms with E-state index < -0.39 is 0 Å². The second-order valence-corrected chi connectivity index (χ2v) is 7.75. The molecule has 1 aliphatic rings. The maximum absolute atomic E-state index is 13.0. The lowest BCUT2D eigenvalue weighted by Crippen LogP contribution is -2.33. The van der Waals surface area contributed by atoms with Gasteiger partial charge in [-0.2, -0.15) is 0 Å². The quantitative estimate of drug-likeness (QED) is 0.516. The number of nitrogens with zero attached hydrogens (tertiary/aromatic N) is 1. The second-order valence-electron chi connectivity index (χ2n) is 6.70. The predicted octanol–water partition coefficient (Wildman–Crippen LogP) is 5.42. The van der Waals surface area contributed by atoms with E-state index in [0.717, 1.165) is 35.5 Å². The molecule has 0 aliphatic carbocycles. The topological polar surface area (TPSA) is 29.5 Å². The molecule has 0 radical (unpaired) electrons. The Morgan fingerprint density at radius 2 is 1.67 bits per heavy atom. The molecular formula is C22H24ClNO2S. The molecule has 2 heterocycles. The van der Waals surface area contributed by atoms with Gasteiger partial charge in [-0.15, -0.1) is 23.7 Å². The number of halogens is 1. The van der Waals surface area contributed by atoms with Crippen LogP contribution in [-0.2, 0) is 0 Å². The molecule has 1 saturated heterocycles. The Labute approximate surface area is 170 Å². The molecule has 1 aromatic heterocycles. The monoisotopic (exact) mass is 401 g/mol. The number of benzene rings is 2. The molecule has 0 atom stereocenters. The van der Waals surface area contributed by atoms with Gasteiger partial charge in [0.15, 0.2) is 0 Å². The van der Waals surface area contributed by atoms with Gasteiger partial charge < -0.3 is 4.74 Å². The van der Waals surface area contributed by atoms with Crippen molar-refractivity contribution in [3.05, 3.63) is 65.0 Å². The highest BCUT2D eigenvalue weighted by molar-refractivity contribution is 7.21. The van der Waals surface area contributed by atoms with Gasteiger partial charge in [0.05, 0.1) is 0 Å². The van der Waals surface area contributed by atoms with Gasteiger partial charge in [-0.05, 0) is 38.1 Å². The molecule has 27 heavy (non-hydrogen) atoms. The number of ether oxygens (including phenoxy) is 1. The molecule has 0 N–H and O–H groups in total. The predicted molar refractivity (Wildman–Crippen MR) is 115 cm³/mol. The molecular weight excluding hydrogens is 378 g/mol. The Kier molecular flexibility index (Phi) is 6.89. The van der Waals surface area contributed by atoms with Crippen LogP contribution < -0.4 is 4.74 Å². The fraction of sp³-hybridized carbons (Fsp3) is 0.318. The fourth-order valence-corrected chi connectivity index (χ4v) is 4.60. The van der Waals surface area contributed by atoms with Gasteiger partial charge in [-0.25, -0.2) is 0 Å². The first-order valence-electron chi connectivity index (χ1n) is 9.29. The summed E-state index contributed by atoms with van der Waals surface area (Å²) in [4.78, 5) is 16.2. The van der Waals surface area contributed by atoms with E-state index in [1.807, 2.05) is 48.5 Å². The van der Waals surface area contributed by atoms with Crippen molar-refractivity contribution in [1.29, 1.82) is 0 Å². The number of fused-ring (bicyclic) bond motifs is 1. The number of rotatable bonds is 6. The van der Waals surface area contributed by atoms with E-state index in [1.54, 1.807) is 0 Å².